The van der Waals surface area contributed by atoms with Crippen LogP contribution in [-0.4, -0.2) is 10.5 Å². The number of thiol groups is 2. The summed E-state index contributed by atoms with van der Waals surface area (Å²) in [6.45, 7) is 0. The maximum atomic E-state index is 4.61. The van der Waals surface area contributed by atoms with Crippen molar-refractivity contribution in [2.24, 2.45) is 0 Å². The van der Waals surface area contributed by atoms with Gasteiger partial charge in [0.15, 0.2) is 0 Å². The second kappa shape index (κ2) is 7.70. The Labute approximate surface area is 99.4 Å². The Morgan fingerprint density at radius 2 is 1.14 bits per heavy atom. The lowest BCUT2D eigenvalue weighted by Gasteiger charge is -2.14. The number of hydrogen-bond donors (Lipinski definition) is 2. The van der Waals surface area contributed by atoms with Crippen molar-refractivity contribution >= 4 is 25.3 Å². The van der Waals surface area contributed by atoms with E-state index in [-0.39, 0.29) is 0 Å². The quantitative estimate of drug-likeness (QED) is 0.450. The van der Waals surface area contributed by atoms with Gasteiger partial charge in [0.05, 0.1) is 0 Å². The van der Waals surface area contributed by atoms with Gasteiger partial charge in [-0.2, -0.15) is 25.3 Å². The van der Waals surface area contributed by atoms with Gasteiger partial charge in [-0.25, -0.2) is 0 Å². The first kappa shape index (κ1) is 12.5. The SMILES string of the molecule is SC1CCC/C=C\CCCC(S)CC1. The summed E-state index contributed by atoms with van der Waals surface area (Å²) >= 11 is 9.21. The molecule has 0 bridgehead atoms. The third-order valence-corrected chi connectivity index (χ3v) is 3.85. The summed E-state index contributed by atoms with van der Waals surface area (Å²) in [6, 6.07) is 0. The molecule has 0 N–H and O–H groups in total. The standard InChI is InChI=1S/C12H22S2/c13-11-7-5-3-1-2-4-6-8-12(14)10-9-11/h1-2,11-14H,3-10H2/b2-1-. The molecule has 0 spiro atoms. The summed E-state index contributed by atoms with van der Waals surface area (Å²) in [5.41, 5.74) is 0. The van der Waals surface area contributed by atoms with Crippen molar-refractivity contribution in [1.82, 2.24) is 0 Å². The van der Waals surface area contributed by atoms with Crippen LogP contribution >= 0.6 is 25.3 Å². The van der Waals surface area contributed by atoms with Crippen molar-refractivity contribution in [3.8, 4) is 0 Å². The van der Waals surface area contributed by atoms with Gasteiger partial charge in [0.1, 0.15) is 0 Å². The fourth-order valence-electron chi connectivity index (χ4n) is 1.85. The first-order chi connectivity index (χ1) is 6.79. The summed E-state index contributed by atoms with van der Waals surface area (Å²) in [5.74, 6) is 0. The molecule has 14 heavy (non-hydrogen) atoms. The molecule has 0 heterocycles. The van der Waals surface area contributed by atoms with Gasteiger partial charge >= 0.3 is 0 Å². The first-order valence-electron chi connectivity index (χ1n) is 5.80. The molecule has 0 aliphatic heterocycles. The molecule has 0 nitrogen and oxygen atoms in total. The van der Waals surface area contributed by atoms with E-state index in [1.807, 2.05) is 0 Å². The minimum absolute atomic E-state index is 0.595. The summed E-state index contributed by atoms with van der Waals surface area (Å²) in [4.78, 5) is 0. The molecule has 1 aliphatic carbocycles. The van der Waals surface area contributed by atoms with Crippen LogP contribution in [0, 0.1) is 0 Å². The minimum atomic E-state index is 0.595. The maximum absolute atomic E-state index is 4.61. The Bertz CT molecular complexity index is 148. The molecule has 0 aromatic rings. The van der Waals surface area contributed by atoms with Crippen LogP contribution in [0.15, 0.2) is 12.2 Å². The highest BCUT2D eigenvalue weighted by molar-refractivity contribution is 7.81. The molecule has 0 radical (unpaired) electrons. The molecule has 0 saturated heterocycles. The third-order valence-electron chi connectivity index (χ3n) is 2.82. The summed E-state index contributed by atoms with van der Waals surface area (Å²) < 4.78 is 0. The molecule has 0 fully saturated rings. The van der Waals surface area contributed by atoms with E-state index in [1.54, 1.807) is 0 Å². The average molecular weight is 230 g/mol. The lowest BCUT2D eigenvalue weighted by molar-refractivity contribution is 0.589. The zero-order valence-corrected chi connectivity index (χ0v) is 10.6. The van der Waals surface area contributed by atoms with Gasteiger partial charge in [-0.1, -0.05) is 12.2 Å². The highest BCUT2D eigenvalue weighted by Gasteiger charge is 2.08. The third kappa shape index (κ3) is 6.02. The Kier molecular flexibility index (Phi) is 6.88. The van der Waals surface area contributed by atoms with Crippen LogP contribution in [0.2, 0.25) is 0 Å². The minimum Gasteiger partial charge on any atom is -0.176 e. The van der Waals surface area contributed by atoms with Crippen LogP contribution in [0.4, 0.5) is 0 Å². The topological polar surface area (TPSA) is 0 Å². The monoisotopic (exact) mass is 230 g/mol. The highest BCUT2D eigenvalue weighted by atomic mass is 32.1. The molecule has 0 amide bonds. The highest BCUT2D eigenvalue weighted by Crippen LogP contribution is 2.20. The average Bonchev–Trinajstić information content (AvgIpc) is 2.17. The van der Waals surface area contributed by atoms with Crippen molar-refractivity contribution in [2.45, 2.75) is 61.9 Å². The van der Waals surface area contributed by atoms with E-state index in [0.29, 0.717) is 10.5 Å². The fraction of sp³-hybridized carbons (Fsp3) is 0.833. The van der Waals surface area contributed by atoms with E-state index < -0.39 is 0 Å². The van der Waals surface area contributed by atoms with Gasteiger partial charge in [-0.05, 0) is 51.4 Å². The molecular weight excluding hydrogens is 208 g/mol. The van der Waals surface area contributed by atoms with Crippen molar-refractivity contribution in [2.75, 3.05) is 0 Å². The molecular formula is C12H22S2. The van der Waals surface area contributed by atoms with Gasteiger partial charge in [-0.15, -0.1) is 0 Å². The van der Waals surface area contributed by atoms with Gasteiger partial charge in [-0.3, -0.25) is 0 Å². The van der Waals surface area contributed by atoms with Crippen LogP contribution < -0.4 is 0 Å². The van der Waals surface area contributed by atoms with E-state index in [0.717, 1.165) is 0 Å². The maximum Gasteiger partial charge on any atom is 0.00173 e. The Balaban J connectivity index is 2.31. The van der Waals surface area contributed by atoms with Crippen LogP contribution in [0.5, 0.6) is 0 Å². The predicted molar refractivity (Wildman–Crippen MR) is 71.6 cm³/mol. The van der Waals surface area contributed by atoms with Crippen molar-refractivity contribution in [3.05, 3.63) is 12.2 Å². The predicted octanol–water partition coefficient (Wildman–Crippen LogP) is 4.27. The van der Waals surface area contributed by atoms with Crippen LogP contribution in [-0.2, 0) is 0 Å². The Morgan fingerprint density at radius 3 is 1.57 bits per heavy atom. The summed E-state index contributed by atoms with van der Waals surface area (Å²) in [7, 11) is 0. The van der Waals surface area contributed by atoms with E-state index in [2.05, 4.69) is 37.4 Å². The van der Waals surface area contributed by atoms with Crippen LogP contribution in [0.1, 0.15) is 51.4 Å². The zero-order chi connectivity index (χ0) is 10.2. The fourth-order valence-corrected chi connectivity index (χ4v) is 2.52. The van der Waals surface area contributed by atoms with E-state index in [1.165, 1.54) is 51.4 Å². The summed E-state index contributed by atoms with van der Waals surface area (Å²) in [6.07, 6.45) is 14.7. The first-order valence-corrected chi connectivity index (χ1v) is 6.83. The van der Waals surface area contributed by atoms with Gasteiger partial charge in [0.2, 0.25) is 0 Å². The van der Waals surface area contributed by atoms with Crippen LogP contribution in [0.3, 0.4) is 0 Å². The lowest BCUT2D eigenvalue weighted by Crippen LogP contribution is -2.05. The number of allylic oxidation sites excluding steroid dienone is 2. The largest absolute Gasteiger partial charge is 0.176 e. The summed E-state index contributed by atoms with van der Waals surface area (Å²) in [5, 5.41) is 1.19. The normalized spacial score (nSPS) is 34.1. The zero-order valence-electron chi connectivity index (χ0n) is 8.86. The smallest absolute Gasteiger partial charge is 0.00173 e. The van der Waals surface area contributed by atoms with Crippen molar-refractivity contribution < 1.29 is 0 Å². The second-order valence-electron chi connectivity index (χ2n) is 4.22. The van der Waals surface area contributed by atoms with E-state index >= 15 is 0 Å². The molecule has 0 saturated carbocycles. The molecule has 0 aromatic heterocycles. The molecule has 2 heteroatoms. The second-order valence-corrected chi connectivity index (χ2v) is 5.68. The van der Waals surface area contributed by atoms with Gasteiger partial charge in [0.25, 0.3) is 0 Å². The van der Waals surface area contributed by atoms with Gasteiger partial charge < -0.3 is 0 Å². The van der Waals surface area contributed by atoms with Gasteiger partial charge in [0, 0.05) is 10.5 Å². The number of rotatable bonds is 0. The Hall–Kier alpha value is 0.440. The van der Waals surface area contributed by atoms with Crippen molar-refractivity contribution in [1.29, 1.82) is 0 Å². The van der Waals surface area contributed by atoms with E-state index in [4.69, 9.17) is 0 Å². The molecule has 2 atom stereocenters. The molecule has 2 unspecified atom stereocenters. The lowest BCUT2D eigenvalue weighted by atomic mass is 10.0. The number of hydrogen-bond acceptors (Lipinski definition) is 2. The molecule has 1 rings (SSSR count). The Morgan fingerprint density at radius 1 is 0.714 bits per heavy atom. The van der Waals surface area contributed by atoms with E-state index in [9.17, 15) is 0 Å². The molecule has 0 aromatic carbocycles. The van der Waals surface area contributed by atoms with Crippen molar-refractivity contribution in [3.63, 3.8) is 0 Å². The molecule has 82 valence electrons. The molecule has 1 aliphatic rings. The van der Waals surface area contributed by atoms with Crippen LogP contribution in [0.25, 0.3) is 0 Å².